The minimum atomic E-state index is -3.65. The number of amides is 2. The zero-order valence-electron chi connectivity index (χ0n) is 12.8. The molecule has 2 saturated heterocycles. The molecule has 0 saturated carbocycles. The number of ether oxygens (including phenoxy) is 1. The molecule has 2 aliphatic heterocycles. The van der Waals surface area contributed by atoms with Crippen LogP contribution in [0.4, 0.5) is 5.69 Å². The molecular weight excluding hydrogens is 356 g/mol. The first-order chi connectivity index (χ1) is 11.4. The summed E-state index contributed by atoms with van der Waals surface area (Å²) < 4.78 is 30.0. The monoisotopic (exact) mass is 372 g/mol. The van der Waals surface area contributed by atoms with Gasteiger partial charge >= 0.3 is 0 Å². The fraction of sp³-hybridized carbons (Fsp3) is 0.467. The standard InChI is InChI=1S/C15H17ClN2O5S/c16-13-8-10(18-14(19)5-7-24(18,21)22)3-4-12(13)15(20)17-9-11-2-1-6-23-11/h3-4,8,11H,1-2,5-7,9H2,(H,17,20). The third-order valence-corrected chi connectivity index (χ3v) is 6.03. The molecule has 0 aromatic heterocycles. The molecule has 7 nitrogen and oxygen atoms in total. The van der Waals surface area contributed by atoms with Crippen LogP contribution in [-0.4, -0.2) is 45.2 Å². The molecule has 1 aromatic carbocycles. The molecule has 2 amide bonds. The minimum absolute atomic E-state index is 0.0133. The Morgan fingerprint density at radius 3 is 2.79 bits per heavy atom. The summed E-state index contributed by atoms with van der Waals surface area (Å²) in [5.74, 6) is -1.08. The quantitative estimate of drug-likeness (QED) is 0.860. The van der Waals surface area contributed by atoms with E-state index >= 15 is 0 Å². The number of carbonyl (C=O) groups excluding carboxylic acids is 2. The van der Waals surface area contributed by atoms with Gasteiger partial charge in [-0.15, -0.1) is 0 Å². The smallest absolute Gasteiger partial charge is 0.252 e. The zero-order valence-corrected chi connectivity index (χ0v) is 14.4. The van der Waals surface area contributed by atoms with Gasteiger partial charge in [-0.05, 0) is 31.0 Å². The van der Waals surface area contributed by atoms with Gasteiger partial charge in [-0.25, -0.2) is 12.7 Å². The first kappa shape index (κ1) is 17.2. The van der Waals surface area contributed by atoms with Crippen LogP contribution < -0.4 is 9.62 Å². The lowest BCUT2D eigenvalue weighted by Crippen LogP contribution is -2.32. The number of hydrogen-bond donors (Lipinski definition) is 1. The van der Waals surface area contributed by atoms with Crippen molar-refractivity contribution in [1.82, 2.24) is 5.32 Å². The molecule has 1 aromatic rings. The van der Waals surface area contributed by atoms with E-state index < -0.39 is 15.9 Å². The van der Waals surface area contributed by atoms with Crippen LogP contribution in [0.5, 0.6) is 0 Å². The molecular formula is C15H17ClN2O5S. The number of rotatable bonds is 4. The van der Waals surface area contributed by atoms with Crippen molar-refractivity contribution in [1.29, 1.82) is 0 Å². The highest BCUT2D eigenvalue weighted by molar-refractivity contribution is 7.94. The van der Waals surface area contributed by atoms with Gasteiger partial charge in [-0.1, -0.05) is 11.6 Å². The van der Waals surface area contributed by atoms with Crippen LogP contribution in [0.3, 0.4) is 0 Å². The highest BCUT2D eigenvalue weighted by Crippen LogP contribution is 2.29. The van der Waals surface area contributed by atoms with Crippen molar-refractivity contribution in [2.24, 2.45) is 0 Å². The number of nitrogens with zero attached hydrogens (tertiary/aromatic N) is 1. The molecule has 0 aliphatic carbocycles. The Morgan fingerprint density at radius 1 is 1.42 bits per heavy atom. The van der Waals surface area contributed by atoms with Gasteiger partial charge in [0.15, 0.2) is 0 Å². The summed E-state index contributed by atoms with van der Waals surface area (Å²) >= 11 is 6.11. The van der Waals surface area contributed by atoms with Crippen molar-refractivity contribution in [3.8, 4) is 0 Å². The lowest BCUT2D eigenvalue weighted by atomic mass is 10.1. The average Bonchev–Trinajstić information content (AvgIpc) is 3.13. The summed E-state index contributed by atoms with van der Waals surface area (Å²) in [5.41, 5.74) is 0.376. The molecule has 2 fully saturated rings. The van der Waals surface area contributed by atoms with Crippen molar-refractivity contribution in [2.75, 3.05) is 23.2 Å². The Kier molecular flexibility index (Phi) is 4.80. The molecule has 2 aliphatic rings. The Morgan fingerprint density at radius 2 is 2.21 bits per heavy atom. The van der Waals surface area contributed by atoms with Crippen molar-refractivity contribution < 1.29 is 22.7 Å². The van der Waals surface area contributed by atoms with Gasteiger partial charge in [0.25, 0.3) is 5.91 Å². The fourth-order valence-electron chi connectivity index (χ4n) is 2.79. The second-order valence-corrected chi connectivity index (χ2v) is 8.08. The van der Waals surface area contributed by atoms with E-state index in [0.29, 0.717) is 13.2 Å². The average molecular weight is 373 g/mol. The van der Waals surface area contributed by atoms with Crippen LogP contribution in [0.2, 0.25) is 5.02 Å². The van der Waals surface area contributed by atoms with E-state index in [2.05, 4.69) is 5.32 Å². The van der Waals surface area contributed by atoms with Gasteiger partial charge in [-0.3, -0.25) is 9.59 Å². The Hall–Kier alpha value is -1.64. The van der Waals surface area contributed by atoms with Gasteiger partial charge < -0.3 is 10.1 Å². The number of anilines is 1. The highest BCUT2D eigenvalue weighted by atomic mass is 35.5. The number of benzene rings is 1. The van der Waals surface area contributed by atoms with Crippen molar-refractivity contribution in [3.05, 3.63) is 28.8 Å². The molecule has 1 unspecified atom stereocenters. The molecule has 1 N–H and O–H groups in total. The number of halogens is 1. The first-order valence-electron chi connectivity index (χ1n) is 7.64. The van der Waals surface area contributed by atoms with Crippen LogP contribution >= 0.6 is 11.6 Å². The van der Waals surface area contributed by atoms with E-state index in [4.69, 9.17) is 16.3 Å². The van der Waals surface area contributed by atoms with Crippen LogP contribution in [0.15, 0.2) is 18.2 Å². The second kappa shape index (κ2) is 6.70. The second-order valence-electron chi connectivity index (χ2n) is 5.73. The first-order valence-corrected chi connectivity index (χ1v) is 9.62. The van der Waals surface area contributed by atoms with Gasteiger partial charge in [0, 0.05) is 19.6 Å². The number of carbonyl (C=O) groups is 2. The number of nitrogens with one attached hydrogen (secondary N) is 1. The molecule has 3 rings (SSSR count). The maximum atomic E-state index is 12.2. The molecule has 2 heterocycles. The largest absolute Gasteiger partial charge is 0.376 e. The Bertz CT molecular complexity index is 774. The van der Waals surface area contributed by atoms with E-state index in [1.54, 1.807) is 0 Å². The predicted molar refractivity (Wildman–Crippen MR) is 88.6 cm³/mol. The van der Waals surface area contributed by atoms with E-state index in [0.717, 1.165) is 17.1 Å². The van der Waals surface area contributed by atoms with Crippen molar-refractivity contribution in [3.63, 3.8) is 0 Å². The lowest BCUT2D eigenvalue weighted by molar-refractivity contribution is -0.116. The Labute approximate surface area is 145 Å². The molecule has 130 valence electrons. The predicted octanol–water partition coefficient (Wildman–Crippen LogP) is 1.32. The van der Waals surface area contributed by atoms with Gasteiger partial charge in [-0.2, -0.15) is 0 Å². The lowest BCUT2D eigenvalue weighted by Gasteiger charge is -2.16. The van der Waals surface area contributed by atoms with E-state index in [1.807, 2.05) is 0 Å². The zero-order chi connectivity index (χ0) is 17.3. The van der Waals surface area contributed by atoms with Crippen LogP contribution in [0.25, 0.3) is 0 Å². The van der Waals surface area contributed by atoms with Crippen LogP contribution in [-0.2, 0) is 19.6 Å². The van der Waals surface area contributed by atoms with Crippen molar-refractivity contribution in [2.45, 2.75) is 25.4 Å². The topological polar surface area (TPSA) is 92.8 Å². The SMILES string of the molecule is O=C(NCC1CCCO1)c1ccc(N2C(=O)CCS2(=O)=O)cc1Cl. The summed E-state index contributed by atoms with van der Waals surface area (Å²) in [6, 6.07) is 4.15. The fourth-order valence-corrected chi connectivity index (χ4v) is 4.50. The summed E-state index contributed by atoms with van der Waals surface area (Å²) in [6.45, 7) is 1.10. The van der Waals surface area contributed by atoms with E-state index in [1.165, 1.54) is 18.2 Å². The summed E-state index contributed by atoms with van der Waals surface area (Å²) in [7, 11) is -3.65. The highest BCUT2D eigenvalue weighted by Gasteiger charge is 2.36. The van der Waals surface area contributed by atoms with Crippen LogP contribution in [0.1, 0.15) is 29.6 Å². The third-order valence-electron chi connectivity index (χ3n) is 4.02. The van der Waals surface area contributed by atoms with Crippen LogP contribution in [0, 0.1) is 0 Å². The van der Waals surface area contributed by atoms with E-state index in [9.17, 15) is 18.0 Å². The molecule has 0 radical (unpaired) electrons. The van der Waals surface area contributed by atoms with Crippen molar-refractivity contribution >= 4 is 39.1 Å². The molecule has 24 heavy (non-hydrogen) atoms. The summed E-state index contributed by atoms with van der Waals surface area (Å²) in [5, 5.41) is 2.84. The van der Waals surface area contributed by atoms with Gasteiger partial charge in [0.2, 0.25) is 15.9 Å². The summed E-state index contributed by atoms with van der Waals surface area (Å²) in [4.78, 5) is 24.0. The summed E-state index contributed by atoms with van der Waals surface area (Å²) in [6.07, 6.45) is 1.85. The maximum Gasteiger partial charge on any atom is 0.252 e. The normalized spacial score (nSPS) is 22.8. The molecule has 0 bridgehead atoms. The molecule has 9 heteroatoms. The number of hydrogen-bond acceptors (Lipinski definition) is 5. The number of sulfonamides is 1. The third kappa shape index (κ3) is 3.40. The molecule has 1 atom stereocenters. The minimum Gasteiger partial charge on any atom is -0.376 e. The Balaban J connectivity index is 1.74. The molecule has 0 spiro atoms. The van der Waals surface area contributed by atoms with E-state index in [-0.39, 0.29) is 40.5 Å². The maximum absolute atomic E-state index is 12.2. The van der Waals surface area contributed by atoms with Gasteiger partial charge in [0.05, 0.1) is 28.1 Å². The van der Waals surface area contributed by atoms with Gasteiger partial charge in [0.1, 0.15) is 0 Å².